The highest BCUT2D eigenvalue weighted by Crippen LogP contribution is 2.16. The third kappa shape index (κ3) is 1.69. The van der Waals surface area contributed by atoms with E-state index in [1.54, 1.807) is 18.5 Å². The number of hydrogen-bond acceptors (Lipinski definition) is 2. The second kappa shape index (κ2) is 3.83. The molecule has 0 saturated carbocycles. The molecule has 2 aromatic rings. The van der Waals surface area contributed by atoms with E-state index in [4.69, 9.17) is 0 Å². The number of hydrogen-bond donors (Lipinski definition) is 0. The fraction of sp³-hybridized carbons (Fsp3) is 0. The molecule has 2 heteroatoms. The van der Waals surface area contributed by atoms with Crippen LogP contribution in [0.25, 0.3) is 5.57 Å². The number of nitrogens with zero attached hydrogens (tertiary/aromatic N) is 2. The largest absolute Gasteiger partial charge is 0.237 e. The maximum Gasteiger partial charge on any atom is 0.159 e. The van der Waals surface area contributed by atoms with Crippen molar-refractivity contribution in [2.75, 3.05) is 0 Å². The Labute approximate surface area is 83.0 Å². The molecule has 0 fully saturated rings. The summed E-state index contributed by atoms with van der Waals surface area (Å²) in [6, 6.07) is 11.7. The number of benzene rings is 1. The van der Waals surface area contributed by atoms with Crippen molar-refractivity contribution < 1.29 is 0 Å². The molecule has 2 nitrogen and oxygen atoms in total. The average Bonchev–Trinajstić information content (AvgIpc) is 2.30. The van der Waals surface area contributed by atoms with Gasteiger partial charge in [-0.25, -0.2) is 9.97 Å². The minimum atomic E-state index is 0.679. The van der Waals surface area contributed by atoms with Gasteiger partial charge < -0.3 is 0 Å². The van der Waals surface area contributed by atoms with E-state index < -0.39 is 0 Å². The van der Waals surface area contributed by atoms with Gasteiger partial charge >= 0.3 is 0 Å². The molecule has 1 aromatic heterocycles. The first-order valence-electron chi connectivity index (χ1n) is 4.39. The molecule has 0 aliphatic rings. The summed E-state index contributed by atoms with van der Waals surface area (Å²) in [5.74, 6) is 0.679. The van der Waals surface area contributed by atoms with E-state index in [1.165, 1.54) is 0 Å². The molecule has 0 radical (unpaired) electrons. The zero-order valence-corrected chi connectivity index (χ0v) is 7.72. The lowest BCUT2D eigenvalue weighted by molar-refractivity contribution is 1.12. The first kappa shape index (κ1) is 8.63. The van der Waals surface area contributed by atoms with Gasteiger partial charge in [-0.1, -0.05) is 36.9 Å². The first-order valence-corrected chi connectivity index (χ1v) is 4.39. The van der Waals surface area contributed by atoms with Crippen LogP contribution in [0.2, 0.25) is 0 Å². The summed E-state index contributed by atoms with van der Waals surface area (Å²) in [4.78, 5) is 8.29. The lowest BCUT2D eigenvalue weighted by atomic mass is 10.1. The maximum atomic E-state index is 4.14. The molecule has 0 spiro atoms. The molecule has 2 rings (SSSR count). The molecule has 0 N–H and O–H groups in total. The van der Waals surface area contributed by atoms with Gasteiger partial charge in [0.25, 0.3) is 0 Å². The minimum Gasteiger partial charge on any atom is -0.237 e. The molecule has 1 aromatic carbocycles. The molecular formula is C12H10N2. The SMILES string of the molecule is C=C(c1ccccc1)c1ncccn1. The van der Waals surface area contributed by atoms with Crippen molar-refractivity contribution in [3.8, 4) is 0 Å². The van der Waals surface area contributed by atoms with Crippen LogP contribution in [0.15, 0.2) is 55.4 Å². The number of aromatic nitrogens is 2. The molecule has 68 valence electrons. The Balaban J connectivity index is 2.35. The van der Waals surface area contributed by atoms with Crippen LogP contribution in [-0.2, 0) is 0 Å². The maximum absolute atomic E-state index is 4.14. The summed E-state index contributed by atoms with van der Waals surface area (Å²) >= 11 is 0. The second-order valence-corrected chi connectivity index (χ2v) is 2.92. The van der Waals surface area contributed by atoms with E-state index in [0.717, 1.165) is 11.1 Å². The van der Waals surface area contributed by atoms with Crippen molar-refractivity contribution in [3.63, 3.8) is 0 Å². The van der Waals surface area contributed by atoms with Gasteiger partial charge in [0, 0.05) is 18.0 Å². The van der Waals surface area contributed by atoms with Crippen LogP contribution in [0.1, 0.15) is 11.4 Å². The quantitative estimate of drug-likeness (QED) is 0.713. The smallest absolute Gasteiger partial charge is 0.159 e. The second-order valence-electron chi connectivity index (χ2n) is 2.92. The highest BCUT2D eigenvalue weighted by atomic mass is 14.9. The minimum absolute atomic E-state index is 0.679. The summed E-state index contributed by atoms with van der Waals surface area (Å²) in [7, 11) is 0. The van der Waals surface area contributed by atoms with E-state index in [1.807, 2.05) is 30.3 Å². The van der Waals surface area contributed by atoms with Crippen LogP contribution in [-0.4, -0.2) is 9.97 Å². The third-order valence-corrected chi connectivity index (χ3v) is 1.96. The highest BCUT2D eigenvalue weighted by molar-refractivity contribution is 5.73. The van der Waals surface area contributed by atoms with Crippen molar-refractivity contribution in [3.05, 3.63) is 66.8 Å². The van der Waals surface area contributed by atoms with Gasteiger partial charge in [0.05, 0.1) is 0 Å². The number of rotatable bonds is 2. The summed E-state index contributed by atoms with van der Waals surface area (Å²) < 4.78 is 0. The molecule has 0 unspecified atom stereocenters. The fourth-order valence-electron chi connectivity index (χ4n) is 1.22. The monoisotopic (exact) mass is 182 g/mol. The van der Waals surface area contributed by atoms with E-state index in [0.29, 0.717) is 5.82 Å². The zero-order chi connectivity index (χ0) is 9.80. The van der Waals surface area contributed by atoms with E-state index in [9.17, 15) is 0 Å². The standard InChI is InChI=1S/C12H10N2/c1-10(11-6-3-2-4-7-11)12-13-8-5-9-14-12/h2-9H,1H2. The van der Waals surface area contributed by atoms with Crippen molar-refractivity contribution >= 4 is 5.57 Å². The van der Waals surface area contributed by atoms with Gasteiger partial charge in [-0.3, -0.25) is 0 Å². The molecule has 0 amide bonds. The predicted octanol–water partition coefficient (Wildman–Crippen LogP) is 2.54. The summed E-state index contributed by atoms with van der Waals surface area (Å²) in [5.41, 5.74) is 1.91. The van der Waals surface area contributed by atoms with E-state index in [-0.39, 0.29) is 0 Å². The van der Waals surface area contributed by atoms with Crippen molar-refractivity contribution in [1.82, 2.24) is 9.97 Å². The summed E-state index contributed by atoms with van der Waals surface area (Å²) in [6.45, 7) is 3.97. The van der Waals surface area contributed by atoms with Crippen LogP contribution < -0.4 is 0 Å². The van der Waals surface area contributed by atoms with Gasteiger partial charge in [-0.05, 0) is 11.6 Å². The summed E-state index contributed by atoms with van der Waals surface area (Å²) in [6.07, 6.45) is 3.44. The van der Waals surface area contributed by atoms with Crippen LogP contribution in [0, 0.1) is 0 Å². The molecule has 0 aliphatic carbocycles. The third-order valence-electron chi connectivity index (χ3n) is 1.96. The van der Waals surface area contributed by atoms with Crippen LogP contribution in [0.3, 0.4) is 0 Å². The lowest BCUT2D eigenvalue weighted by Crippen LogP contribution is -1.92. The Morgan fingerprint density at radius 3 is 2.21 bits per heavy atom. The van der Waals surface area contributed by atoms with Gasteiger partial charge in [-0.2, -0.15) is 0 Å². The topological polar surface area (TPSA) is 25.8 Å². The molecule has 0 bridgehead atoms. The van der Waals surface area contributed by atoms with E-state index >= 15 is 0 Å². The molecule has 0 atom stereocenters. The predicted molar refractivity (Wildman–Crippen MR) is 56.6 cm³/mol. The normalized spacial score (nSPS) is 9.71. The average molecular weight is 182 g/mol. The lowest BCUT2D eigenvalue weighted by Gasteiger charge is -2.02. The fourth-order valence-corrected chi connectivity index (χ4v) is 1.22. The van der Waals surface area contributed by atoms with Crippen molar-refractivity contribution in [2.45, 2.75) is 0 Å². The van der Waals surface area contributed by atoms with Crippen LogP contribution in [0.5, 0.6) is 0 Å². The Hall–Kier alpha value is -1.96. The zero-order valence-electron chi connectivity index (χ0n) is 7.72. The van der Waals surface area contributed by atoms with Gasteiger partial charge in [0.15, 0.2) is 5.82 Å². The molecule has 1 heterocycles. The Kier molecular flexibility index (Phi) is 2.36. The Bertz CT molecular complexity index is 379. The molecule has 14 heavy (non-hydrogen) atoms. The van der Waals surface area contributed by atoms with Crippen molar-refractivity contribution in [2.24, 2.45) is 0 Å². The van der Waals surface area contributed by atoms with Crippen molar-refractivity contribution in [1.29, 1.82) is 0 Å². The van der Waals surface area contributed by atoms with Gasteiger partial charge in [-0.15, -0.1) is 0 Å². The Morgan fingerprint density at radius 1 is 0.929 bits per heavy atom. The summed E-state index contributed by atoms with van der Waals surface area (Å²) in [5, 5.41) is 0. The first-order chi connectivity index (χ1) is 6.88. The van der Waals surface area contributed by atoms with Crippen LogP contribution >= 0.6 is 0 Å². The Morgan fingerprint density at radius 2 is 1.57 bits per heavy atom. The molecule has 0 saturated heterocycles. The van der Waals surface area contributed by atoms with E-state index in [2.05, 4.69) is 16.5 Å². The molecule has 0 aliphatic heterocycles. The van der Waals surface area contributed by atoms with Gasteiger partial charge in [0.1, 0.15) is 0 Å². The van der Waals surface area contributed by atoms with Crippen LogP contribution in [0.4, 0.5) is 0 Å². The highest BCUT2D eigenvalue weighted by Gasteiger charge is 2.02. The van der Waals surface area contributed by atoms with Gasteiger partial charge in [0.2, 0.25) is 0 Å². The molecular weight excluding hydrogens is 172 g/mol.